The molecule has 0 fully saturated rings. The summed E-state index contributed by atoms with van der Waals surface area (Å²) in [4.78, 5) is 0.164. The highest BCUT2D eigenvalue weighted by Gasteiger charge is 2.30. The maximum absolute atomic E-state index is 12.3. The molecule has 4 nitrogen and oxygen atoms in total. The van der Waals surface area contributed by atoms with Gasteiger partial charge in [0.2, 0.25) is 0 Å². The second-order valence-electron chi connectivity index (χ2n) is 6.66. The van der Waals surface area contributed by atoms with Crippen LogP contribution in [0, 0.1) is 6.92 Å². The Balaban J connectivity index is 1.71. The van der Waals surface area contributed by atoms with Gasteiger partial charge in [0.1, 0.15) is 16.7 Å². The van der Waals surface area contributed by atoms with Crippen LogP contribution in [0.3, 0.4) is 0 Å². The van der Waals surface area contributed by atoms with Gasteiger partial charge in [-0.2, -0.15) is 8.42 Å². The van der Waals surface area contributed by atoms with Crippen molar-refractivity contribution in [1.29, 1.82) is 0 Å². The van der Waals surface area contributed by atoms with Crippen molar-refractivity contribution in [2.45, 2.75) is 24.3 Å². The molecular formula is C22H20O4S. The predicted octanol–water partition coefficient (Wildman–Crippen LogP) is 4.67. The Bertz CT molecular complexity index is 1090. The maximum atomic E-state index is 12.3. The highest BCUT2D eigenvalue weighted by molar-refractivity contribution is 7.86. The molecule has 1 heterocycles. The summed E-state index contributed by atoms with van der Waals surface area (Å²) in [7, 11) is -2.63. The molecule has 0 amide bonds. The first-order chi connectivity index (χ1) is 13.0. The lowest BCUT2D eigenvalue weighted by molar-refractivity contribution is 0.234. The summed E-state index contributed by atoms with van der Waals surface area (Å²) in [6, 6.07) is 21.5. The molecule has 3 aromatic rings. The lowest BCUT2D eigenvalue weighted by atomic mass is 9.99. The Labute approximate surface area is 159 Å². The normalized spacial score (nSPS) is 16.0. The van der Waals surface area contributed by atoms with E-state index in [4.69, 9.17) is 8.92 Å². The quantitative estimate of drug-likeness (QED) is 0.617. The molecule has 1 aliphatic heterocycles. The van der Waals surface area contributed by atoms with Crippen molar-refractivity contribution in [2.75, 3.05) is 7.11 Å². The van der Waals surface area contributed by atoms with Crippen molar-refractivity contribution in [1.82, 2.24) is 0 Å². The number of fused-ring (bicyclic) bond motifs is 1. The average Bonchev–Trinajstić information content (AvgIpc) is 3.11. The van der Waals surface area contributed by atoms with Crippen molar-refractivity contribution in [3.63, 3.8) is 0 Å². The molecule has 0 saturated carbocycles. The minimum Gasteiger partial charge on any atom is -0.485 e. The molecule has 0 aromatic heterocycles. The molecule has 5 heteroatoms. The molecule has 0 spiro atoms. The molecule has 0 N–H and O–H groups in total. The average molecular weight is 380 g/mol. The van der Waals surface area contributed by atoms with E-state index in [-0.39, 0.29) is 11.0 Å². The molecule has 1 unspecified atom stereocenters. The van der Waals surface area contributed by atoms with Gasteiger partial charge in [-0.15, -0.1) is 0 Å². The van der Waals surface area contributed by atoms with Crippen LogP contribution in [0.4, 0.5) is 0 Å². The summed E-state index contributed by atoms with van der Waals surface area (Å²) in [6.07, 6.45) is 0.269. The van der Waals surface area contributed by atoms with Crippen LogP contribution in [-0.2, 0) is 20.7 Å². The number of hydrogen-bond donors (Lipinski definition) is 0. The first-order valence-corrected chi connectivity index (χ1v) is 10.1. The molecule has 0 radical (unpaired) electrons. The topological polar surface area (TPSA) is 52.6 Å². The fourth-order valence-corrected chi connectivity index (χ4v) is 4.34. The lowest BCUT2D eigenvalue weighted by Crippen LogP contribution is -2.12. The standard InChI is InChI=1S/C22H20O4S/c1-15-8-11-22(27(23,24)25-2)19(12-15)21-14-18-10-9-17(13-20(18)26-21)16-6-4-3-5-7-16/h3-13,21H,14H2,1-2H3. The van der Waals surface area contributed by atoms with E-state index in [0.717, 1.165) is 28.0 Å². The van der Waals surface area contributed by atoms with E-state index in [1.165, 1.54) is 7.11 Å². The minimum absolute atomic E-state index is 0.164. The monoisotopic (exact) mass is 380 g/mol. The third kappa shape index (κ3) is 3.36. The highest BCUT2D eigenvalue weighted by Crippen LogP contribution is 2.41. The van der Waals surface area contributed by atoms with Gasteiger partial charge < -0.3 is 4.74 Å². The van der Waals surface area contributed by atoms with Crippen molar-refractivity contribution < 1.29 is 17.3 Å². The van der Waals surface area contributed by atoms with Crippen molar-refractivity contribution >= 4 is 10.1 Å². The summed E-state index contributed by atoms with van der Waals surface area (Å²) in [6.45, 7) is 1.93. The van der Waals surface area contributed by atoms with Crippen LogP contribution in [0.15, 0.2) is 71.6 Å². The fourth-order valence-electron chi connectivity index (χ4n) is 3.45. The first-order valence-electron chi connectivity index (χ1n) is 8.74. The molecule has 0 aliphatic carbocycles. The Morgan fingerprint density at radius 1 is 0.963 bits per heavy atom. The number of benzene rings is 3. The fraction of sp³-hybridized carbons (Fsp3) is 0.182. The predicted molar refractivity (Wildman–Crippen MR) is 104 cm³/mol. The van der Waals surface area contributed by atoms with Gasteiger partial charge in [-0.1, -0.05) is 60.2 Å². The molecule has 1 aliphatic rings. The third-order valence-electron chi connectivity index (χ3n) is 4.85. The van der Waals surface area contributed by atoms with Crippen molar-refractivity contribution in [2.24, 2.45) is 0 Å². The van der Waals surface area contributed by atoms with E-state index in [9.17, 15) is 8.42 Å². The molecule has 0 bridgehead atoms. The summed E-state index contributed by atoms with van der Waals surface area (Å²) < 4.78 is 35.6. The molecule has 1 atom stereocenters. The highest BCUT2D eigenvalue weighted by atomic mass is 32.2. The molecule has 4 rings (SSSR count). The van der Waals surface area contributed by atoms with Crippen LogP contribution in [0.5, 0.6) is 5.75 Å². The molecule has 27 heavy (non-hydrogen) atoms. The van der Waals surface area contributed by atoms with E-state index in [0.29, 0.717) is 12.0 Å². The second-order valence-corrected chi connectivity index (χ2v) is 8.34. The van der Waals surface area contributed by atoms with Gasteiger partial charge >= 0.3 is 0 Å². The maximum Gasteiger partial charge on any atom is 0.297 e. The summed E-state index contributed by atoms with van der Waals surface area (Å²) in [5, 5.41) is 0. The smallest absolute Gasteiger partial charge is 0.297 e. The SMILES string of the molecule is COS(=O)(=O)c1ccc(C)cc1C1Cc2ccc(-c3ccccc3)cc2O1. The van der Waals surface area contributed by atoms with Crippen LogP contribution >= 0.6 is 0 Å². The summed E-state index contributed by atoms with van der Waals surface area (Å²) in [5.41, 5.74) is 4.87. The van der Waals surface area contributed by atoms with Gasteiger partial charge in [-0.05, 0) is 35.7 Å². The van der Waals surface area contributed by atoms with E-state index in [1.54, 1.807) is 12.1 Å². The molecule has 0 saturated heterocycles. The number of rotatable bonds is 4. The summed E-state index contributed by atoms with van der Waals surface area (Å²) >= 11 is 0. The summed E-state index contributed by atoms with van der Waals surface area (Å²) in [5.74, 6) is 0.795. The lowest BCUT2D eigenvalue weighted by Gasteiger charge is -2.16. The zero-order chi connectivity index (χ0) is 19.0. The van der Waals surface area contributed by atoms with E-state index >= 15 is 0 Å². The van der Waals surface area contributed by atoms with Gasteiger partial charge in [-0.3, -0.25) is 4.18 Å². The number of ether oxygens (including phenoxy) is 1. The Morgan fingerprint density at radius 2 is 1.74 bits per heavy atom. The Kier molecular flexibility index (Phi) is 4.50. The first kappa shape index (κ1) is 17.8. The van der Waals surface area contributed by atoms with Crippen LogP contribution in [0.25, 0.3) is 11.1 Å². The zero-order valence-electron chi connectivity index (χ0n) is 15.2. The van der Waals surface area contributed by atoms with Gasteiger partial charge in [0.05, 0.1) is 7.11 Å². The molecule has 138 valence electrons. The Morgan fingerprint density at radius 3 is 2.48 bits per heavy atom. The van der Waals surface area contributed by atoms with Gasteiger partial charge in [0.25, 0.3) is 10.1 Å². The van der Waals surface area contributed by atoms with E-state index in [1.807, 2.05) is 37.3 Å². The molecule has 3 aromatic carbocycles. The van der Waals surface area contributed by atoms with Crippen LogP contribution in [-0.4, -0.2) is 15.5 Å². The number of hydrogen-bond acceptors (Lipinski definition) is 4. The van der Waals surface area contributed by atoms with E-state index in [2.05, 4.69) is 24.3 Å². The van der Waals surface area contributed by atoms with Gasteiger partial charge in [0, 0.05) is 12.0 Å². The van der Waals surface area contributed by atoms with Crippen LogP contribution < -0.4 is 4.74 Å². The van der Waals surface area contributed by atoms with Gasteiger partial charge in [0.15, 0.2) is 0 Å². The van der Waals surface area contributed by atoms with Gasteiger partial charge in [-0.25, -0.2) is 0 Å². The Hall–Kier alpha value is -2.63. The largest absolute Gasteiger partial charge is 0.485 e. The van der Waals surface area contributed by atoms with E-state index < -0.39 is 10.1 Å². The van der Waals surface area contributed by atoms with Crippen molar-refractivity contribution in [3.05, 3.63) is 83.4 Å². The van der Waals surface area contributed by atoms with Crippen molar-refractivity contribution in [3.8, 4) is 16.9 Å². The van der Waals surface area contributed by atoms with Crippen LogP contribution in [0.1, 0.15) is 22.8 Å². The molecular weight excluding hydrogens is 360 g/mol. The second kappa shape index (κ2) is 6.83. The zero-order valence-corrected chi connectivity index (χ0v) is 16.0. The minimum atomic E-state index is -3.80. The van der Waals surface area contributed by atoms with Crippen LogP contribution in [0.2, 0.25) is 0 Å². The number of aryl methyl sites for hydroxylation is 1. The third-order valence-corrected chi connectivity index (χ3v) is 6.20.